The van der Waals surface area contributed by atoms with Crippen LogP contribution < -0.4 is 0 Å². The van der Waals surface area contributed by atoms with Crippen LogP contribution in [-0.2, 0) is 0 Å². The molecule has 1 aromatic rings. The predicted molar refractivity (Wildman–Crippen MR) is 77.8 cm³/mol. The average molecular weight is 249 g/mol. The van der Waals surface area contributed by atoms with Crippen LogP contribution in [0.4, 0.5) is 0 Å². The van der Waals surface area contributed by atoms with Gasteiger partial charge in [-0.2, -0.15) is 0 Å². The number of rotatable bonds is 8. The maximum Gasteiger partial charge on any atom is 0.0802 e. The smallest absolute Gasteiger partial charge is 0.0802 e. The van der Waals surface area contributed by atoms with Gasteiger partial charge in [-0.1, -0.05) is 49.6 Å². The molecule has 0 saturated heterocycles. The summed E-state index contributed by atoms with van der Waals surface area (Å²) in [6.07, 6.45) is 4.29. The second-order valence-corrected chi connectivity index (χ2v) is 5.23. The number of aliphatic hydroxyl groups excluding tert-OH is 1. The summed E-state index contributed by atoms with van der Waals surface area (Å²) < 4.78 is 0. The number of unbranched alkanes of at least 4 members (excludes halogenated alkanes) is 2. The van der Waals surface area contributed by atoms with Crippen molar-refractivity contribution in [2.24, 2.45) is 0 Å². The van der Waals surface area contributed by atoms with E-state index in [1.165, 1.54) is 24.8 Å². The molecule has 0 bridgehead atoms. The molecule has 0 spiro atoms. The van der Waals surface area contributed by atoms with Crippen molar-refractivity contribution in [3.05, 3.63) is 35.4 Å². The third kappa shape index (κ3) is 5.65. The molecule has 0 saturated carbocycles. The van der Waals surface area contributed by atoms with Crippen LogP contribution in [0.25, 0.3) is 0 Å². The van der Waals surface area contributed by atoms with Crippen molar-refractivity contribution in [2.45, 2.75) is 45.6 Å². The minimum Gasteiger partial charge on any atom is -0.388 e. The summed E-state index contributed by atoms with van der Waals surface area (Å²) in [4.78, 5) is 2.31. The number of hydrogen-bond acceptors (Lipinski definition) is 2. The second kappa shape index (κ2) is 8.28. The van der Waals surface area contributed by atoms with Gasteiger partial charge in [0.15, 0.2) is 0 Å². The topological polar surface area (TPSA) is 23.5 Å². The lowest BCUT2D eigenvalue weighted by Crippen LogP contribution is -2.22. The maximum atomic E-state index is 10.1. The lowest BCUT2D eigenvalue weighted by Gasteiger charge is -2.19. The van der Waals surface area contributed by atoms with Crippen LogP contribution in [0.15, 0.2) is 24.3 Å². The maximum absolute atomic E-state index is 10.1. The highest BCUT2D eigenvalue weighted by Crippen LogP contribution is 2.17. The molecule has 18 heavy (non-hydrogen) atoms. The van der Waals surface area contributed by atoms with E-state index in [0.29, 0.717) is 0 Å². The minimum atomic E-state index is -0.334. The Kier molecular flexibility index (Phi) is 6.99. The number of nitrogens with zero attached hydrogens (tertiary/aromatic N) is 1. The standard InChI is InChI=1S/C16H27NO/c1-4-5-6-12-17(3)13-11-16(18)15-9-7-14(2)8-10-15/h7-10,16,18H,4-6,11-13H2,1-3H3. The zero-order valence-corrected chi connectivity index (χ0v) is 12.0. The number of benzene rings is 1. The van der Waals surface area contributed by atoms with Crippen LogP contribution in [-0.4, -0.2) is 30.1 Å². The Morgan fingerprint density at radius 3 is 2.39 bits per heavy atom. The summed E-state index contributed by atoms with van der Waals surface area (Å²) in [5.74, 6) is 0. The molecule has 2 heteroatoms. The number of aliphatic hydroxyl groups is 1. The van der Waals surface area contributed by atoms with Gasteiger partial charge in [0.2, 0.25) is 0 Å². The summed E-state index contributed by atoms with van der Waals surface area (Å²) in [7, 11) is 2.14. The first kappa shape index (κ1) is 15.2. The zero-order chi connectivity index (χ0) is 13.4. The molecular weight excluding hydrogens is 222 g/mol. The van der Waals surface area contributed by atoms with Gasteiger partial charge < -0.3 is 10.0 Å². The molecule has 0 aromatic heterocycles. The van der Waals surface area contributed by atoms with Crippen LogP contribution in [0.5, 0.6) is 0 Å². The van der Waals surface area contributed by atoms with Crippen molar-refractivity contribution in [2.75, 3.05) is 20.1 Å². The average Bonchev–Trinajstić information content (AvgIpc) is 2.37. The molecule has 1 rings (SSSR count). The largest absolute Gasteiger partial charge is 0.388 e. The fraction of sp³-hybridized carbons (Fsp3) is 0.625. The van der Waals surface area contributed by atoms with Crippen molar-refractivity contribution < 1.29 is 5.11 Å². The quantitative estimate of drug-likeness (QED) is 0.712. The Morgan fingerprint density at radius 1 is 1.11 bits per heavy atom. The summed E-state index contributed by atoms with van der Waals surface area (Å²) >= 11 is 0. The number of aryl methyl sites for hydroxylation is 1. The molecule has 0 aliphatic rings. The van der Waals surface area contributed by atoms with Crippen LogP contribution in [0.1, 0.15) is 49.8 Å². The van der Waals surface area contributed by atoms with Crippen LogP contribution >= 0.6 is 0 Å². The molecule has 102 valence electrons. The Bertz CT molecular complexity index is 320. The van der Waals surface area contributed by atoms with E-state index in [0.717, 1.165) is 25.1 Å². The van der Waals surface area contributed by atoms with E-state index in [9.17, 15) is 5.11 Å². The molecular formula is C16H27NO. The second-order valence-electron chi connectivity index (χ2n) is 5.23. The van der Waals surface area contributed by atoms with E-state index in [1.807, 2.05) is 12.1 Å². The van der Waals surface area contributed by atoms with Gasteiger partial charge in [0.1, 0.15) is 0 Å². The van der Waals surface area contributed by atoms with Crippen molar-refractivity contribution in [1.82, 2.24) is 4.90 Å². The highest BCUT2D eigenvalue weighted by atomic mass is 16.3. The van der Waals surface area contributed by atoms with Gasteiger partial charge in [-0.15, -0.1) is 0 Å². The van der Waals surface area contributed by atoms with E-state index in [1.54, 1.807) is 0 Å². The van der Waals surface area contributed by atoms with Gasteiger partial charge in [-0.3, -0.25) is 0 Å². The summed E-state index contributed by atoms with van der Waals surface area (Å²) in [5, 5.41) is 10.1. The van der Waals surface area contributed by atoms with E-state index in [-0.39, 0.29) is 6.10 Å². The van der Waals surface area contributed by atoms with Gasteiger partial charge in [0.05, 0.1) is 6.10 Å². The Morgan fingerprint density at radius 2 is 1.78 bits per heavy atom. The van der Waals surface area contributed by atoms with Crippen molar-refractivity contribution >= 4 is 0 Å². The van der Waals surface area contributed by atoms with Crippen molar-refractivity contribution in [1.29, 1.82) is 0 Å². The molecule has 0 amide bonds. The van der Waals surface area contributed by atoms with Crippen LogP contribution in [0.3, 0.4) is 0 Å². The van der Waals surface area contributed by atoms with Crippen LogP contribution in [0, 0.1) is 6.92 Å². The van der Waals surface area contributed by atoms with Gasteiger partial charge >= 0.3 is 0 Å². The normalized spacial score (nSPS) is 12.9. The molecule has 1 aromatic carbocycles. The summed E-state index contributed by atoms with van der Waals surface area (Å²) in [5.41, 5.74) is 2.27. The molecule has 0 fully saturated rings. The molecule has 0 aliphatic heterocycles. The summed E-state index contributed by atoms with van der Waals surface area (Å²) in [6, 6.07) is 8.17. The Labute approximate surface area is 112 Å². The Hall–Kier alpha value is -0.860. The first-order chi connectivity index (χ1) is 8.63. The van der Waals surface area contributed by atoms with Crippen molar-refractivity contribution in [3.63, 3.8) is 0 Å². The molecule has 0 heterocycles. The molecule has 2 nitrogen and oxygen atoms in total. The minimum absolute atomic E-state index is 0.334. The lowest BCUT2D eigenvalue weighted by atomic mass is 10.0. The highest BCUT2D eigenvalue weighted by Gasteiger charge is 2.08. The number of hydrogen-bond donors (Lipinski definition) is 1. The van der Waals surface area contributed by atoms with Gasteiger partial charge in [-0.05, 0) is 38.9 Å². The first-order valence-electron chi connectivity index (χ1n) is 7.06. The Balaban J connectivity index is 2.27. The van der Waals surface area contributed by atoms with E-state index in [2.05, 4.69) is 37.9 Å². The molecule has 1 unspecified atom stereocenters. The van der Waals surface area contributed by atoms with Crippen LogP contribution in [0.2, 0.25) is 0 Å². The molecule has 0 aliphatic carbocycles. The molecule has 0 radical (unpaired) electrons. The summed E-state index contributed by atoms with van der Waals surface area (Å²) in [6.45, 7) is 6.38. The fourth-order valence-electron chi connectivity index (χ4n) is 2.04. The third-order valence-corrected chi connectivity index (χ3v) is 3.39. The van der Waals surface area contributed by atoms with Gasteiger partial charge in [-0.25, -0.2) is 0 Å². The highest BCUT2D eigenvalue weighted by molar-refractivity contribution is 5.22. The SMILES string of the molecule is CCCCCN(C)CCC(O)c1ccc(C)cc1. The van der Waals surface area contributed by atoms with E-state index in [4.69, 9.17) is 0 Å². The molecule has 1 atom stereocenters. The van der Waals surface area contributed by atoms with Gasteiger partial charge in [0.25, 0.3) is 0 Å². The third-order valence-electron chi connectivity index (χ3n) is 3.39. The lowest BCUT2D eigenvalue weighted by molar-refractivity contribution is 0.148. The van der Waals surface area contributed by atoms with E-state index >= 15 is 0 Å². The van der Waals surface area contributed by atoms with E-state index < -0.39 is 0 Å². The van der Waals surface area contributed by atoms with Crippen molar-refractivity contribution in [3.8, 4) is 0 Å². The first-order valence-corrected chi connectivity index (χ1v) is 7.06. The van der Waals surface area contributed by atoms with Gasteiger partial charge in [0, 0.05) is 6.54 Å². The predicted octanol–water partition coefficient (Wildman–Crippen LogP) is 3.54. The molecule has 1 N–H and O–H groups in total. The zero-order valence-electron chi connectivity index (χ0n) is 12.0. The fourth-order valence-corrected chi connectivity index (χ4v) is 2.04. The monoisotopic (exact) mass is 249 g/mol.